The summed E-state index contributed by atoms with van der Waals surface area (Å²) in [7, 11) is 0. The first kappa shape index (κ1) is 13.6. The number of carbonyl (C=O) groups excluding carboxylic acids is 1. The summed E-state index contributed by atoms with van der Waals surface area (Å²) in [4.78, 5) is 14.9. The van der Waals surface area contributed by atoms with Crippen molar-refractivity contribution in [2.75, 3.05) is 11.4 Å². The number of hydrogen-bond acceptors (Lipinski definition) is 2. The Labute approximate surface area is 121 Å². The van der Waals surface area contributed by atoms with Gasteiger partial charge in [-0.1, -0.05) is 18.2 Å². The maximum atomic E-state index is 12.9. The second-order valence-corrected chi connectivity index (χ2v) is 6.34. The number of benzene rings is 1. The van der Waals surface area contributed by atoms with Crippen LogP contribution in [-0.2, 0) is 11.2 Å². The van der Waals surface area contributed by atoms with Crippen LogP contribution in [0, 0.1) is 11.8 Å². The van der Waals surface area contributed by atoms with Crippen molar-refractivity contribution in [2.24, 2.45) is 17.6 Å². The molecule has 108 valence electrons. The number of rotatable bonds is 2. The normalized spacial score (nSPS) is 29.3. The SMILES string of the molecule is CC1Cc2ccccc2N1C(=O)C1CCC(CN)CC1. The van der Waals surface area contributed by atoms with Crippen molar-refractivity contribution in [1.82, 2.24) is 0 Å². The largest absolute Gasteiger partial charge is 0.330 e. The lowest BCUT2D eigenvalue weighted by atomic mass is 9.81. The minimum Gasteiger partial charge on any atom is -0.330 e. The van der Waals surface area contributed by atoms with Crippen molar-refractivity contribution in [3.8, 4) is 0 Å². The fourth-order valence-electron chi connectivity index (χ4n) is 3.74. The van der Waals surface area contributed by atoms with E-state index in [-0.39, 0.29) is 5.92 Å². The Balaban J connectivity index is 1.75. The van der Waals surface area contributed by atoms with Crippen molar-refractivity contribution in [1.29, 1.82) is 0 Å². The van der Waals surface area contributed by atoms with Gasteiger partial charge in [0.15, 0.2) is 0 Å². The van der Waals surface area contributed by atoms with E-state index in [4.69, 9.17) is 5.73 Å². The van der Waals surface area contributed by atoms with Gasteiger partial charge in [-0.2, -0.15) is 0 Å². The monoisotopic (exact) mass is 272 g/mol. The van der Waals surface area contributed by atoms with Crippen LogP contribution in [0.25, 0.3) is 0 Å². The van der Waals surface area contributed by atoms with Gasteiger partial charge in [0.2, 0.25) is 5.91 Å². The average Bonchev–Trinajstić information content (AvgIpc) is 2.82. The molecular formula is C17H24N2O. The molecule has 0 aromatic heterocycles. The van der Waals surface area contributed by atoms with Crippen LogP contribution < -0.4 is 10.6 Å². The zero-order valence-electron chi connectivity index (χ0n) is 12.2. The minimum atomic E-state index is 0.200. The standard InChI is InChI=1S/C17H24N2O/c1-12-10-15-4-2-3-5-16(15)19(12)17(20)14-8-6-13(11-18)7-9-14/h2-5,12-14H,6-11,18H2,1H3. The van der Waals surface area contributed by atoms with E-state index in [9.17, 15) is 4.79 Å². The summed E-state index contributed by atoms with van der Waals surface area (Å²) in [5, 5.41) is 0. The van der Waals surface area contributed by atoms with E-state index in [0.717, 1.165) is 44.3 Å². The highest BCUT2D eigenvalue weighted by atomic mass is 16.2. The molecule has 1 aromatic carbocycles. The molecule has 1 atom stereocenters. The molecule has 2 aliphatic rings. The number of nitrogens with zero attached hydrogens (tertiary/aromatic N) is 1. The Morgan fingerprint density at radius 2 is 1.95 bits per heavy atom. The molecule has 1 aliphatic heterocycles. The summed E-state index contributed by atoms with van der Waals surface area (Å²) < 4.78 is 0. The van der Waals surface area contributed by atoms with Gasteiger partial charge in [0, 0.05) is 17.6 Å². The lowest BCUT2D eigenvalue weighted by molar-refractivity contribution is -0.123. The summed E-state index contributed by atoms with van der Waals surface area (Å²) in [6.45, 7) is 2.92. The molecule has 0 bridgehead atoms. The number of amides is 1. The van der Waals surface area contributed by atoms with E-state index in [2.05, 4.69) is 25.1 Å². The van der Waals surface area contributed by atoms with Crippen LogP contribution >= 0.6 is 0 Å². The quantitative estimate of drug-likeness (QED) is 0.900. The Kier molecular flexibility index (Phi) is 3.79. The highest BCUT2D eigenvalue weighted by Gasteiger charge is 2.35. The summed E-state index contributed by atoms with van der Waals surface area (Å²) in [5.74, 6) is 1.16. The number of nitrogens with two attached hydrogens (primary N) is 1. The number of fused-ring (bicyclic) bond motifs is 1. The van der Waals surface area contributed by atoms with Gasteiger partial charge in [-0.05, 0) is 63.1 Å². The van der Waals surface area contributed by atoms with Gasteiger partial charge >= 0.3 is 0 Å². The Bertz CT molecular complexity index is 492. The Morgan fingerprint density at radius 1 is 1.25 bits per heavy atom. The third kappa shape index (κ3) is 2.35. The van der Waals surface area contributed by atoms with Crippen LogP contribution in [0.2, 0.25) is 0 Å². The highest BCUT2D eigenvalue weighted by molar-refractivity contribution is 5.97. The van der Waals surface area contributed by atoms with Crippen molar-refractivity contribution >= 4 is 11.6 Å². The third-order valence-electron chi connectivity index (χ3n) is 4.97. The van der Waals surface area contributed by atoms with Crippen LogP contribution in [-0.4, -0.2) is 18.5 Å². The number of anilines is 1. The second kappa shape index (κ2) is 5.57. The lowest BCUT2D eigenvalue weighted by Crippen LogP contribution is -2.41. The van der Waals surface area contributed by atoms with Crippen LogP contribution in [0.3, 0.4) is 0 Å². The fraction of sp³-hybridized carbons (Fsp3) is 0.588. The van der Waals surface area contributed by atoms with E-state index in [0.29, 0.717) is 17.9 Å². The molecule has 3 heteroatoms. The number of hydrogen-bond donors (Lipinski definition) is 1. The van der Waals surface area contributed by atoms with Gasteiger partial charge < -0.3 is 10.6 Å². The van der Waals surface area contributed by atoms with Gasteiger partial charge in [-0.15, -0.1) is 0 Å². The molecule has 1 aromatic rings. The second-order valence-electron chi connectivity index (χ2n) is 6.34. The van der Waals surface area contributed by atoms with Crippen LogP contribution in [0.4, 0.5) is 5.69 Å². The molecule has 1 fully saturated rings. The predicted molar refractivity (Wildman–Crippen MR) is 81.6 cm³/mol. The molecule has 3 rings (SSSR count). The van der Waals surface area contributed by atoms with Crippen molar-refractivity contribution < 1.29 is 4.79 Å². The van der Waals surface area contributed by atoms with Crippen molar-refractivity contribution in [3.63, 3.8) is 0 Å². The zero-order chi connectivity index (χ0) is 14.1. The van der Waals surface area contributed by atoms with E-state index < -0.39 is 0 Å². The van der Waals surface area contributed by atoms with Crippen molar-refractivity contribution in [3.05, 3.63) is 29.8 Å². The first-order chi connectivity index (χ1) is 9.70. The van der Waals surface area contributed by atoms with Crippen LogP contribution in [0.1, 0.15) is 38.2 Å². The molecule has 3 nitrogen and oxygen atoms in total. The Hall–Kier alpha value is -1.35. The van der Waals surface area contributed by atoms with E-state index >= 15 is 0 Å². The van der Waals surface area contributed by atoms with Gasteiger partial charge in [0.25, 0.3) is 0 Å². The number of para-hydroxylation sites is 1. The van der Waals surface area contributed by atoms with E-state index in [1.807, 2.05) is 11.0 Å². The number of carbonyl (C=O) groups is 1. The molecule has 1 amide bonds. The molecule has 0 spiro atoms. The first-order valence-corrected chi connectivity index (χ1v) is 7.81. The third-order valence-corrected chi connectivity index (χ3v) is 4.97. The molecule has 20 heavy (non-hydrogen) atoms. The van der Waals surface area contributed by atoms with Crippen molar-refractivity contribution in [2.45, 2.75) is 45.1 Å². The van der Waals surface area contributed by atoms with Gasteiger partial charge in [0.05, 0.1) is 0 Å². The summed E-state index contributed by atoms with van der Waals surface area (Å²) >= 11 is 0. The maximum absolute atomic E-state index is 12.9. The van der Waals surface area contributed by atoms with Gasteiger partial charge in [-0.25, -0.2) is 0 Å². The maximum Gasteiger partial charge on any atom is 0.230 e. The van der Waals surface area contributed by atoms with E-state index in [1.54, 1.807) is 0 Å². The molecule has 1 saturated carbocycles. The van der Waals surface area contributed by atoms with Gasteiger partial charge in [0.1, 0.15) is 0 Å². The van der Waals surface area contributed by atoms with Crippen LogP contribution in [0.5, 0.6) is 0 Å². The zero-order valence-corrected chi connectivity index (χ0v) is 12.2. The highest BCUT2D eigenvalue weighted by Crippen LogP contribution is 2.36. The smallest absolute Gasteiger partial charge is 0.230 e. The fourth-order valence-corrected chi connectivity index (χ4v) is 3.74. The molecule has 0 radical (unpaired) electrons. The lowest BCUT2D eigenvalue weighted by Gasteiger charge is -2.32. The molecule has 2 N–H and O–H groups in total. The molecule has 0 saturated heterocycles. The Morgan fingerprint density at radius 3 is 2.65 bits per heavy atom. The summed E-state index contributed by atoms with van der Waals surface area (Å²) in [6.07, 6.45) is 5.21. The van der Waals surface area contributed by atoms with E-state index in [1.165, 1.54) is 5.56 Å². The topological polar surface area (TPSA) is 46.3 Å². The molecule has 1 unspecified atom stereocenters. The summed E-state index contributed by atoms with van der Waals surface area (Å²) in [5.41, 5.74) is 8.18. The average molecular weight is 272 g/mol. The predicted octanol–water partition coefficient (Wildman–Crippen LogP) is 2.73. The summed E-state index contributed by atoms with van der Waals surface area (Å²) in [6, 6.07) is 8.62. The molecular weight excluding hydrogens is 248 g/mol. The van der Waals surface area contributed by atoms with Crippen LogP contribution in [0.15, 0.2) is 24.3 Å². The minimum absolute atomic E-state index is 0.200. The van der Waals surface area contributed by atoms with Gasteiger partial charge in [-0.3, -0.25) is 4.79 Å². The first-order valence-electron chi connectivity index (χ1n) is 7.81. The molecule has 1 heterocycles. The molecule has 1 aliphatic carbocycles.